The third-order valence-corrected chi connectivity index (χ3v) is 6.42. The normalized spacial score (nSPS) is 24.7. The highest BCUT2D eigenvalue weighted by Crippen LogP contribution is 2.27. The minimum Gasteiger partial charge on any atom is -0.444 e. The molecule has 2 aliphatic rings. The summed E-state index contributed by atoms with van der Waals surface area (Å²) in [5, 5.41) is 16.5. The molecule has 0 aromatic heterocycles. The number of hydroxylamine groups is 1. The number of hydrogen-bond donors (Lipinski definition) is 3. The summed E-state index contributed by atoms with van der Waals surface area (Å²) in [6.45, 7) is 0.0779. The van der Waals surface area contributed by atoms with Crippen LogP contribution < -0.4 is 10.4 Å². The molecule has 0 bridgehead atoms. The van der Waals surface area contributed by atoms with E-state index in [1.807, 2.05) is 0 Å². The largest absolute Gasteiger partial charge is 0.444 e. The fraction of sp³-hybridized carbons (Fsp3) is 0.474. The van der Waals surface area contributed by atoms with Gasteiger partial charge in [-0.3, -0.25) is 14.9 Å². The predicted molar refractivity (Wildman–Crippen MR) is 103 cm³/mol. The van der Waals surface area contributed by atoms with E-state index in [1.165, 1.54) is 10.4 Å². The molecule has 9 nitrogen and oxygen atoms in total. The first-order chi connectivity index (χ1) is 13.7. The summed E-state index contributed by atoms with van der Waals surface area (Å²) in [6.07, 6.45) is 0.286. The third-order valence-electron chi connectivity index (χ3n) is 4.98. The second-order valence-electron chi connectivity index (χ2n) is 7.28. The molecule has 0 spiro atoms. The Labute approximate surface area is 168 Å². The maximum Gasteiger partial charge on any atom is 0.414 e. The number of carbonyl (C=O) groups excluding carboxylic acids is 2. The van der Waals surface area contributed by atoms with Crippen molar-refractivity contribution in [3.05, 3.63) is 29.8 Å². The van der Waals surface area contributed by atoms with Gasteiger partial charge in [-0.1, -0.05) is 11.8 Å². The van der Waals surface area contributed by atoms with Gasteiger partial charge < -0.3 is 9.84 Å². The maximum atomic E-state index is 12.2. The Balaban J connectivity index is 1.64. The molecule has 1 aromatic carbocycles. The average Bonchev–Trinajstić information content (AvgIpc) is 3.01. The van der Waals surface area contributed by atoms with E-state index in [-0.39, 0.29) is 25.0 Å². The SMILES string of the molecule is CS(=O)(=O)C(CC1CN(c2ccc(C#CC3CC(O)C3)cc2)C(=O)O1)C(=O)NO. The number of anilines is 1. The van der Waals surface area contributed by atoms with Crippen LogP contribution in [0.2, 0.25) is 0 Å². The molecule has 2 unspecified atom stereocenters. The minimum atomic E-state index is -3.80. The van der Waals surface area contributed by atoms with E-state index in [2.05, 4.69) is 11.8 Å². The molecule has 1 aromatic rings. The number of aliphatic hydroxyl groups is 1. The van der Waals surface area contributed by atoms with E-state index in [0.717, 1.165) is 11.8 Å². The number of nitrogens with zero attached hydrogens (tertiary/aromatic N) is 1. The second-order valence-corrected chi connectivity index (χ2v) is 9.51. The van der Waals surface area contributed by atoms with Crippen LogP contribution in [-0.2, 0) is 19.4 Å². The van der Waals surface area contributed by atoms with Crippen molar-refractivity contribution in [2.24, 2.45) is 5.92 Å². The molecule has 1 saturated heterocycles. The third kappa shape index (κ3) is 5.06. The quantitative estimate of drug-likeness (QED) is 0.356. The molecule has 1 saturated carbocycles. The van der Waals surface area contributed by atoms with Gasteiger partial charge in [0.2, 0.25) is 0 Å². The molecule has 2 amide bonds. The fourth-order valence-corrected chi connectivity index (χ4v) is 4.26. The van der Waals surface area contributed by atoms with E-state index >= 15 is 0 Å². The lowest BCUT2D eigenvalue weighted by Gasteiger charge is -2.26. The lowest BCUT2D eigenvalue weighted by atomic mass is 9.83. The number of carbonyl (C=O) groups is 2. The average molecular weight is 422 g/mol. The summed E-state index contributed by atoms with van der Waals surface area (Å²) >= 11 is 0. The highest BCUT2D eigenvalue weighted by molar-refractivity contribution is 7.92. The standard InChI is InChI=1S/C19H22N2O7S/c1-29(26,27)17(18(23)20-25)10-16-11-21(19(24)28-16)14-6-4-12(5-7-14)2-3-13-8-15(22)9-13/h4-7,13,15-17,22,25H,8-11H2,1H3,(H,20,23). The summed E-state index contributed by atoms with van der Waals surface area (Å²) in [6, 6.07) is 6.93. The van der Waals surface area contributed by atoms with Gasteiger partial charge in [0.15, 0.2) is 9.84 Å². The monoisotopic (exact) mass is 422 g/mol. The lowest BCUT2D eigenvalue weighted by Crippen LogP contribution is -2.40. The molecule has 0 radical (unpaired) electrons. The number of sulfone groups is 1. The summed E-state index contributed by atoms with van der Waals surface area (Å²) in [4.78, 5) is 25.2. The summed E-state index contributed by atoms with van der Waals surface area (Å²) in [5.74, 6) is 5.27. The number of aliphatic hydroxyl groups excluding tert-OH is 1. The van der Waals surface area contributed by atoms with Gasteiger partial charge in [-0.05, 0) is 37.1 Å². The summed E-state index contributed by atoms with van der Waals surface area (Å²) < 4.78 is 28.8. The molecule has 1 heterocycles. The van der Waals surface area contributed by atoms with Gasteiger partial charge in [-0.15, -0.1) is 0 Å². The zero-order valence-corrected chi connectivity index (χ0v) is 16.6. The van der Waals surface area contributed by atoms with E-state index in [4.69, 9.17) is 9.94 Å². The number of amides is 2. The van der Waals surface area contributed by atoms with Crippen LogP contribution in [0.15, 0.2) is 24.3 Å². The van der Waals surface area contributed by atoms with Crippen molar-refractivity contribution in [2.45, 2.75) is 36.7 Å². The van der Waals surface area contributed by atoms with Crippen molar-refractivity contribution in [3.63, 3.8) is 0 Å². The van der Waals surface area contributed by atoms with Crippen LogP contribution in [0.5, 0.6) is 0 Å². The first kappa shape index (κ1) is 21.1. The Bertz CT molecular complexity index is 943. The topological polar surface area (TPSA) is 133 Å². The van der Waals surface area contributed by atoms with E-state index < -0.39 is 33.2 Å². The van der Waals surface area contributed by atoms with Crippen molar-refractivity contribution in [3.8, 4) is 11.8 Å². The molecular weight excluding hydrogens is 400 g/mol. The van der Waals surface area contributed by atoms with Gasteiger partial charge in [0, 0.05) is 29.8 Å². The molecule has 1 aliphatic carbocycles. The van der Waals surface area contributed by atoms with Crippen LogP contribution in [0.1, 0.15) is 24.8 Å². The van der Waals surface area contributed by atoms with Crippen molar-refractivity contribution in [2.75, 3.05) is 17.7 Å². The van der Waals surface area contributed by atoms with E-state index in [9.17, 15) is 23.1 Å². The Morgan fingerprint density at radius 2 is 2.00 bits per heavy atom. The summed E-state index contributed by atoms with van der Waals surface area (Å²) in [7, 11) is -3.80. The highest BCUT2D eigenvalue weighted by Gasteiger charge is 2.39. The number of rotatable bonds is 5. The van der Waals surface area contributed by atoms with Crippen molar-refractivity contribution in [1.29, 1.82) is 0 Å². The van der Waals surface area contributed by atoms with E-state index in [0.29, 0.717) is 18.5 Å². The smallest absolute Gasteiger partial charge is 0.414 e. The molecule has 2 fully saturated rings. The van der Waals surface area contributed by atoms with Crippen molar-refractivity contribution < 1.29 is 33.1 Å². The van der Waals surface area contributed by atoms with E-state index in [1.54, 1.807) is 24.3 Å². The Kier molecular flexibility index (Phi) is 6.12. The van der Waals surface area contributed by atoms with Gasteiger partial charge >= 0.3 is 6.09 Å². The molecule has 3 N–H and O–H groups in total. The molecule has 29 heavy (non-hydrogen) atoms. The number of ether oxygens (including phenoxy) is 1. The Morgan fingerprint density at radius 1 is 1.34 bits per heavy atom. The van der Waals surface area contributed by atoms with Crippen LogP contribution in [0, 0.1) is 17.8 Å². The molecular formula is C19H22N2O7S. The number of benzene rings is 1. The number of hydrogen-bond acceptors (Lipinski definition) is 7. The Hall–Kier alpha value is -2.61. The second kappa shape index (κ2) is 8.41. The zero-order valence-electron chi connectivity index (χ0n) is 15.7. The van der Waals surface area contributed by atoms with Crippen LogP contribution in [0.4, 0.5) is 10.5 Å². The van der Waals surface area contributed by atoms with Crippen LogP contribution in [0.3, 0.4) is 0 Å². The molecule has 3 rings (SSSR count). The van der Waals surface area contributed by atoms with Gasteiger partial charge in [-0.2, -0.15) is 0 Å². The van der Waals surface area contributed by atoms with Crippen LogP contribution >= 0.6 is 0 Å². The minimum absolute atomic E-state index is 0.0779. The van der Waals surface area contributed by atoms with Gasteiger partial charge in [0.1, 0.15) is 11.4 Å². The first-order valence-electron chi connectivity index (χ1n) is 9.08. The first-order valence-corrected chi connectivity index (χ1v) is 11.0. The molecule has 1 aliphatic heterocycles. The highest BCUT2D eigenvalue weighted by atomic mass is 32.2. The lowest BCUT2D eigenvalue weighted by molar-refractivity contribution is -0.129. The Morgan fingerprint density at radius 3 is 2.55 bits per heavy atom. The zero-order chi connectivity index (χ0) is 21.2. The van der Waals surface area contributed by atoms with Crippen molar-refractivity contribution in [1.82, 2.24) is 5.48 Å². The van der Waals surface area contributed by atoms with Crippen molar-refractivity contribution >= 4 is 27.5 Å². The summed E-state index contributed by atoms with van der Waals surface area (Å²) in [5.41, 5.74) is 2.67. The molecule has 2 atom stereocenters. The van der Waals surface area contributed by atoms with Crippen LogP contribution in [0.25, 0.3) is 0 Å². The molecule has 156 valence electrons. The fourth-order valence-electron chi connectivity index (χ4n) is 3.26. The van der Waals surface area contributed by atoms with Gasteiger partial charge in [-0.25, -0.2) is 18.7 Å². The van der Waals surface area contributed by atoms with Crippen LogP contribution in [-0.4, -0.2) is 61.0 Å². The van der Waals surface area contributed by atoms with Gasteiger partial charge in [0.25, 0.3) is 5.91 Å². The maximum absolute atomic E-state index is 12.2. The van der Waals surface area contributed by atoms with Gasteiger partial charge in [0.05, 0.1) is 12.6 Å². The number of nitrogens with one attached hydrogen (secondary N) is 1. The molecule has 10 heteroatoms. The number of cyclic esters (lactones) is 1. The predicted octanol–water partition coefficient (Wildman–Crippen LogP) is 0.443.